The first kappa shape index (κ1) is 34.4. The van der Waals surface area contributed by atoms with Crippen molar-refractivity contribution in [3.63, 3.8) is 0 Å². The SMILES string of the molecule is COCCCN(CC(=O)Nc1cc(C(C)(C)C)nn1-c1ccc(C)cc1C)C(=O)Nc1cc(C(F)(F)F)cc(C(F)(F)F)c1. The largest absolute Gasteiger partial charge is 0.416 e. The maximum Gasteiger partial charge on any atom is 0.416 e. The van der Waals surface area contributed by atoms with Crippen molar-refractivity contribution in [3.05, 3.63) is 70.4 Å². The number of hydrogen-bond acceptors (Lipinski definition) is 4. The number of ether oxygens (including phenoxy) is 1. The quantitative estimate of drug-likeness (QED) is 0.192. The molecule has 0 saturated heterocycles. The third-order valence-electron chi connectivity index (χ3n) is 6.56. The van der Waals surface area contributed by atoms with Gasteiger partial charge in [0.2, 0.25) is 5.91 Å². The minimum Gasteiger partial charge on any atom is -0.385 e. The number of urea groups is 1. The van der Waals surface area contributed by atoms with Gasteiger partial charge in [-0.1, -0.05) is 38.5 Å². The Labute approximate surface area is 251 Å². The molecule has 14 heteroatoms. The van der Waals surface area contributed by atoms with Crippen molar-refractivity contribution in [1.82, 2.24) is 14.7 Å². The molecule has 0 fully saturated rings. The number of amides is 3. The van der Waals surface area contributed by atoms with Crippen LogP contribution < -0.4 is 10.6 Å². The Hall–Kier alpha value is -4.07. The Morgan fingerprint density at radius 2 is 1.52 bits per heavy atom. The van der Waals surface area contributed by atoms with Crippen molar-refractivity contribution in [1.29, 1.82) is 0 Å². The lowest BCUT2D eigenvalue weighted by atomic mass is 9.92. The molecule has 3 amide bonds. The Morgan fingerprint density at radius 3 is 2.05 bits per heavy atom. The first-order chi connectivity index (χ1) is 20.3. The van der Waals surface area contributed by atoms with Gasteiger partial charge in [-0.15, -0.1) is 0 Å². The molecule has 0 atom stereocenters. The average Bonchev–Trinajstić information content (AvgIpc) is 3.31. The first-order valence-corrected chi connectivity index (χ1v) is 13.6. The van der Waals surface area contributed by atoms with Gasteiger partial charge in [-0.25, -0.2) is 9.48 Å². The average molecular weight is 628 g/mol. The molecule has 0 radical (unpaired) electrons. The summed E-state index contributed by atoms with van der Waals surface area (Å²) in [6.07, 6.45) is -9.95. The summed E-state index contributed by atoms with van der Waals surface area (Å²) >= 11 is 0. The molecule has 8 nitrogen and oxygen atoms in total. The molecule has 0 aliphatic rings. The molecule has 44 heavy (non-hydrogen) atoms. The van der Waals surface area contributed by atoms with Crippen molar-refractivity contribution in [2.45, 2.75) is 58.8 Å². The molecular formula is C30H35F6N5O3. The standard InChI is InChI=1S/C30H35F6N5O3/c1-18-8-9-23(19(2)12-18)41-25(16-24(39-41)28(3,4)5)38-26(42)17-40(10-7-11-44-6)27(43)37-22-14-20(29(31,32)33)13-21(15-22)30(34,35)36/h8-9,12-16H,7,10-11,17H2,1-6H3,(H,37,43)(H,38,42). The van der Waals surface area contributed by atoms with E-state index in [1.54, 1.807) is 10.7 Å². The highest BCUT2D eigenvalue weighted by molar-refractivity contribution is 5.97. The van der Waals surface area contributed by atoms with Crippen molar-refractivity contribution in [3.8, 4) is 5.69 Å². The Morgan fingerprint density at radius 1 is 0.909 bits per heavy atom. The fourth-order valence-corrected chi connectivity index (χ4v) is 4.30. The minimum atomic E-state index is -5.09. The number of nitrogens with one attached hydrogen (secondary N) is 2. The number of nitrogens with zero attached hydrogens (tertiary/aromatic N) is 3. The summed E-state index contributed by atoms with van der Waals surface area (Å²) in [6.45, 7) is 9.22. The summed E-state index contributed by atoms with van der Waals surface area (Å²) < 4.78 is 86.5. The summed E-state index contributed by atoms with van der Waals surface area (Å²) in [5, 5.41) is 9.53. The van der Waals surface area contributed by atoms with Crippen LogP contribution in [0.5, 0.6) is 0 Å². The predicted molar refractivity (Wildman–Crippen MR) is 154 cm³/mol. The van der Waals surface area contributed by atoms with E-state index < -0.39 is 47.6 Å². The summed E-state index contributed by atoms with van der Waals surface area (Å²) in [4.78, 5) is 27.4. The zero-order valence-electron chi connectivity index (χ0n) is 25.2. The molecule has 2 N–H and O–H groups in total. The van der Waals surface area contributed by atoms with Gasteiger partial charge in [0.25, 0.3) is 0 Å². The van der Waals surface area contributed by atoms with Crippen LogP contribution in [0.25, 0.3) is 5.69 Å². The van der Waals surface area contributed by atoms with Gasteiger partial charge in [-0.3, -0.25) is 4.79 Å². The number of benzene rings is 2. The van der Waals surface area contributed by atoms with Gasteiger partial charge in [0.05, 0.1) is 22.5 Å². The molecule has 1 aromatic heterocycles. The normalized spacial score (nSPS) is 12.3. The molecule has 0 aliphatic carbocycles. The monoisotopic (exact) mass is 627 g/mol. The van der Waals surface area contributed by atoms with E-state index in [1.807, 2.05) is 52.8 Å². The van der Waals surface area contributed by atoms with Crippen LogP contribution in [0.2, 0.25) is 0 Å². The van der Waals surface area contributed by atoms with E-state index in [1.165, 1.54) is 7.11 Å². The molecule has 0 unspecified atom stereocenters. The summed E-state index contributed by atoms with van der Waals surface area (Å²) in [5.41, 5.74) is -0.966. The lowest BCUT2D eigenvalue weighted by molar-refractivity contribution is -0.143. The third-order valence-corrected chi connectivity index (χ3v) is 6.56. The number of alkyl halides is 6. The topological polar surface area (TPSA) is 88.5 Å². The number of carbonyl (C=O) groups is 2. The fraction of sp³-hybridized carbons (Fsp3) is 0.433. The van der Waals surface area contributed by atoms with Gasteiger partial charge < -0.3 is 20.3 Å². The predicted octanol–water partition coefficient (Wildman–Crippen LogP) is 7.33. The molecule has 0 spiro atoms. The molecule has 0 saturated carbocycles. The zero-order chi connectivity index (χ0) is 33.0. The Bertz CT molecular complexity index is 1460. The second kappa shape index (κ2) is 13.3. The van der Waals surface area contributed by atoms with Crippen LogP contribution >= 0.6 is 0 Å². The van der Waals surface area contributed by atoms with Crippen LogP contribution in [-0.2, 0) is 27.3 Å². The van der Waals surface area contributed by atoms with Crippen LogP contribution in [0, 0.1) is 13.8 Å². The lowest BCUT2D eigenvalue weighted by Crippen LogP contribution is -2.41. The number of anilines is 2. The number of carbonyl (C=O) groups excluding carboxylic acids is 2. The maximum absolute atomic E-state index is 13.3. The van der Waals surface area contributed by atoms with E-state index in [0.717, 1.165) is 16.0 Å². The van der Waals surface area contributed by atoms with Gasteiger partial charge in [-0.2, -0.15) is 31.4 Å². The molecule has 3 rings (SSSR count). The fourth-order valence-electron chi connectivity index (χ4n) is 4.30. The molecular weight excluding hydrogens is 592 g/mol. The number of methoxy groups -OCH3 is 1. The van der Waals surface area contributed by atoms with Crippen LogP contribution in [0.1, 0.15) is 55.1 Å². The smallest absolute Gasteiger partial charge is 0.385 e. The minimum absolute atomic E-state index is 0.0375. The summed E-state index contributed by atoms with van der Waals surface area (Å²) in [6, 6.07) is 7.11. The summed E-state index contributed by atoms with van der Waals surface area (Å²) in [5.74, 6) is -0.346. The van der Waals surface area contributed by atoms with Crippen LogP contribution in [0.15, 0.2) is 42.5 Å². The number of aromatic nitrogens is 2. The summed E-state index contributed by atoms with van der Waals surface area (Å²) in [7, 11) is 1.42. The van der Waals surface area contributed by atoms with Crippen LogP contribution in [0.3, 0.4) is 0 Å². The first-order valence-electron chi connectivity index (χ1n) is 13.6. The second-order valence-electron chi connectivity index (χ2n) is 11.4. The van der Waals surface area contributed by atoms with E-state index in [2.05, 4.69) is 10.6 Å². The van der Waals surface area contributed by atoms with Crippen molar-refractivity contribution < 1.29 is 40.7 Å². The zero-order valence-corrected chi connectivity index (χ0v) is 25.2. The van der Waals surface area contributed by atoms with Crippen molar-refractivity contribution in [2.24, 2.45) is 0 Å². The van der Waals surface area contributed by atoms with Gasteiger partial charge in [0.1, 0.15) is 12.4 Å². The molecule has 0 bridgehead atoms. The number of aryl methyl sites for hydroxylation is 2. The van der Waals surface area contributed by atoms with E-state index in [9.17, 15) is 35.9 Å². The highest BCUT2D eigenvalue weighted by atomic mass is 19.4. The highest BCUT2D eigenvalue weighted by Crippen LogP contribution is 2.37. The Balaban J connectivity index is 1.90. The highest BCUT2D eigenvalue weighted by Gasteiger charge is 2.37. The van der Waals surface area contributed by atoms with Crippen molar-refractivity contribution >= 4 is 23.4 Å². The van der Waals surface area contributed by atoms with E-state index in [-0.39, 0.29) is 31.1 Å². The van der Waals surface area contributed by atoms with Gasteiger partial charge in [0, 0.05) is 37.4 Å². The van der Waals surface area contributed by atoms with Crippen LogP contribution in [-0.4, -0.2) is 53.4 Å². The van der Waals surface area contributed by atoms with Crippen LogP contribution in [0.4, 0.5) is 42.6 Å². The number of rotatable bonds is 9. The maximum atomic E-state index is 13.3. The lowest BCUT2D eigenvalue weighted by Gasteiger charge is -2.23. The number of halogens is 6. The Kier molecular flexibility index (Phi) is 10.4. The molecule has 1 heterocycles. The molecule has 3 aromatic rings. The molecule has 0 aliphatic heterocycles. The van der Waals surface area contributed by atoms with Gasteiger partial charge >= 0.3 is 18.4 Å². The molecule has 2 aromatic carbocycles. The second-order valence-corrected chi connectivity index (χ2v) is 11.4. The third kappa shape index (κ3) is 8.97. The van der Waals surface area contributed by atoms with E-state index in [4.69, 9.17) is 9.84 Å². The van der Waals surface area contributed by atoms with Gasteiger partial charge in [0.15, 0.2) is 0 Å². The number of hydrogen-bond donors (Lipinski definition) is 2. The van der Waals surface area contributed by atoms with Crippen molar-refractivity contribution in [2.75, 3.05) is 37.4 Å². The van der Waals surface area contributed by atoms with E-state index >= 15 is 0 Å². The molecule has 240 valence electrons. The van der Waals surface area contributed by atoms with Gasteiger partial charge in [-0.05, 0) is 50.1 Å². The van der Waals surface area contributed by atoms with E-state index in [0.29, 0.717) is 29.3 Å².